The predicted octanol–water partition coefficient (Wildman–Crippen LogP) is 1.35. The maximum absolute atomic E-state index is 12.0. The summed E-state index contributed by atoms with van der Waals surface area (Å²) in [7, 11) is -3.40. The third-order valence-electron chi connectivity index (χ3n) is 2.91. The highest BCUT2D eigenvalue weighted by Crippen LogP contribution is 2.07. The summed E-state index contributed by atoms with van der Waals surface area (Å²) in [6, 6.07) is 0. The molecule has 0 spiro atoms. The lowest BCUT2D eigenvalue weighted by molar-refractivity contribution is 0.541. The SMILES string of the molecule is CCCCNS(=O)(=O)c1cnn(CCCNCCC)c1. The second-order valence-corrected chi connectivity index (χ2v) is 6.56. The Hall–Kier alpha value is -0.920. The number of nitrogens with zero attached hydrogens (tertiary/aromatic N) is 2. The van der Waals surface area contributed by atoms with Crippen molar-refractivity contribution in [1.82, 2.24) is 19.8 Å². The number of unbranched alkanes of at least 4 members (excludes halogenated alkanes) is 1. The van der Waals surface area contributed by atoms with Crippen LogP contribution in [-0.4, -0.2) is 37.8 Å². The van der Waals surface area contributed by atoms with Crippen molar-refractivity contribution >= 4 is 10.0 Å². The smallest absolute Gasteiger partial charge is 0.243 e. The topological polar surface area (TPSA) is 76.0 Å². The van der Waals surface area contributed by atoms with Crippen molar-refractivity contribution in [2.24, 2.45) is 0 Å². The van der Waals surface area contributed by atoms with Crippen LogP contribution in [0.25, 0.3) is 0 Å². The number of sulfonamides is 1. The molecule has 0 bridgehead atoms. The molecule has 7 heteroatoms. The molecule has 0 aliphatic heterocycles. The molecule has 0 saturated carbocycles. The van der Waals surface area contributed by atoms with Crippen LogP contribution in [-0.2, 0) is 16.6 Å². The van der Waals surface area contributed by atoms with E-state index in [4.69, 9.17) is 0 Å². The zero-order valence-electron chi connectivity index (χ0n) is 12.4. The second kappa shape index (κ2) is 9.10. The maximum Gasteiger partial charge on any atom is 0.243 e. The molecule has 6 nitrogen and oxygen atoms in total. The van der Waals surface area contributed by atoms with Crippen LogP contribution in [0.15, 0.2) is 17.3 Å². The van der Waals surface area contributed by atoms with E-state index in [1.807, 2.05) is 6.92 Å². The summed E-state index contributed by atoms with van der Waals surface area (Å²) in [6.07, 6.45) is 6.86. The summed E-state index contributed by atoms with van der Waals surface area (Å²) in [5.41, 5.74) is 0. The maximum atomic E-state index is 12.0. The Bertz CT molecular complexity index is 470. The number of aromatic nitrogens is 2. The molecular weight excluding hydrogens is 276 g/mol. The van der Waals surface area contributed by atoms with Crippen molar-refractivity contribution in [3.8, 4) is 0 Å². The van der Waals surface area contributed by atoms with E-state index < -0.39 is 10.0 Å². The molecule has 0 atom stereocenters. The highest BCUT2D eigenvalue weighted by Gasteiger charge is 2.15. The summed E-state index contributed by atoms with van der Waals surface area (Å²) >= 11 is 0. The summed E-state index contributed by atoms with van der Waals surface area (Å²) in [5.74, 6) is 0. The van der Waals surface area contributed by atoms with Crippen LogP contribution in [0.3, 0.4) is 0 Å². The van der Waals surface area contributed by atoms with Gasteiger partial charge in [-0.2, -0.15) is 5.10 Å². The minimum absolute atomic E-state index is 0.245. The molecule has 2 N–H and O–H groups in total. The zero-order chi connectivity index (χ0) is 14.8. The Labute approximate surface area is 122 Å². The third kappa shape index (κ3) is 6.02. The third-order valence-corrected chi connectivity index (χ3v) is 4.33. The first-order valence-electron chi connectivity index (χ1n) is 7.33. The van der Waals surface area contributed by atoms with E-state index in [-0.39, 0.29) is 4.90 Å². The van der Waals surface area contributed by atoms with Crippen LogP contribution in [0, 0.1) is 0 Å². The van der Waals surface area contributed by atoms with Gasteiger partial charge in [0.1, 0.15) is 4.90 Å². The minimum atomic E-state index is -3.40. The molecular formula is C13H26N4O2S. The van der Waals surface area contributed by atoms with Crippen LogP contribution in [0.5, 0.6) is 0 Å². The van der Waals surface area contributed by atoms with Gasteiger partial charge in [0.15, 0.2) is 0 Å². The largest absolute Gasteiger partial charge is 0.317 e. The Kier molecular flexibility index (Phi) is 7.79. The molecule has 0 unspecified atom stereocenters. The van der Waals surface area contributed by atoms with Crippen LogP contribution in [0.4, 0.5) is 0 Å². The van der Waals surface area contributed by atoms with Gasteiger partial charge in [-0.1, -0.05) is 20.3 Å². The van der Waals surface area contributed by atoms with Gasteiger partial charge in [0.2, 0.25) is 10.0 Å². The van der Waals surface area contributed by atoms with Gasteiger partial charge in [-0.3, -0.25) is 4.68 Å². The normalized spacial score (nSPS) is 11.9. The van der Waals surface area contributed by atoms with Gasteiger partial charge in [-0.05, 0) is 32.4 Å². The molecule has 1 rings (SSSR count). The van der Waals surface area contributed by atoms with Crippen molar-refractivity contribution in [3.63, 3.8) is 0 Å². The molecule has 0 aromatic carbocycles. The molecule has 0 aliphatic carbocycles. The number of rotatable bonds is 11. The first-order valence-corrected chi connectivity index (χ1v) is 8.81. The van der Waals surface area contributed by atoms with Gasteiger partial charge in [0.25, 0.3) is 0 Å². The standard InChI is InChI=1S/C13H26N4O2S/c1-3-5-9-16-20(18,19)13-11-15-17(12-13)10-6-8-14-7-4-2/h11-12,14,16H,3-10H2,1-2H3. The van der Waals surface area contributed by atoms with Gasteiger partial charge >= 0.3 is 0 Å². The van der Waals surface area contributed by atoms with E-state index in [0.717, 1.165) is 45.3 Å². The number of nitrogens with one attached hydrogen (secondary N) is 2. The van der Waals surface area contributed by atoms with E-state index >= 15 is 0 Å². The number of hydrogen-bond donors (Lipinski definition) is 2. The average Bonchev–Trinajstić information content (AvgIpc) is 2.88. The van der Waals surface area contributed by atoms with E-state index in [1.165, 1.54) is 6.20 Å². The summed E-state index contributed by atoms with van der Waals surface area (Å²) in [6.45, 7) is 7.29. The first-order chi connectivity index (χ1) is 9.60. The van der Waals surface area contributed by atoms with Crippen LogP contribution < -0.4 is 10.0 Å². The highest BCUT2D eigenvalue weighted by atomic mass is 32.2. The lowest BCUT2D eigenvalue weighted by Crippen LogP contribution is -2.24. The van der Waals surface area contributed by atoms with Gasteiger partial charge < -0.3 is 5.32 Å². The van der Waals surface area contributed by atoms with Gasteiger partial charge in [-0.15, -0.1) is 0 Å². The van der Waals surface area contributed by atoms with Crippen LogP contribution >= 0.6 is 0 Å². The fourth-order valence-corrected chi connectivity index (χ4v) is 2.77. The van der Waals surface area contributed by atoms with Crippen molar-refractivity contribution in [2.45, 2.75) is 51.0 Å². The van der Waals surface area contributed by atoms with E-state index in [9.17, 15) is 8.42 Å². The van der Waals surface area contributed by atoms with Gasteiger partial charge in [-0.25, -0.2) is 13.1 Å². The van der Waals surface area contributed by atoms with E-state index in [0.29, 0.717) is 6.54 Å². The van der Waals surface area contributed by atoms with Crippen molar-refractivity contribution in [3.05, 3.63) is 12.4 Å². The highest BCUT2D eigenvalue weighted by molar-refractivity contribution is 7.89. The minimum Gasteiger partial charge on any atom is -0.317 e. The fraction of sp³-hybridized carbons (Fsp3) is 0.769. The fourth-order valence-electron chi connectivity index (χ4n) is 1.74. The summed E-state index contributed by atoms with van der Waals surface area (Å²) in [5, 5.41) is 7.40. The molecule has 0 radical (unpaired) electrons. The van der Waals surface area contributed by atoms with E-state index in [1.54, 1.807) is 10.9 Å². The monoisotopic (exact) mass is 302 g/mol. The lowest BCUT2D eigenvalue weighted by atomic mass is 10.3. The predicted molar refractivity (Wildman–Crippen MR) is 80.1 cm³/mol. The lowest BCUT2D eigenvalue weighted by Gasteiger charge is -2.04. The molecule has 1 aromatic rings. The molecule has 0 saturated heterocycles. The zero-order valence-corrected chi connectivity index (χ0v) is 13.2. The van der Waals surface area contributed by atoms with Crippen molar-refractivity contribution in [1.29, 1.82) is 0 Å². The van der Waals surface area contributed by atoms with E-state index in [2.05, 4.69) is 22.1 Å². The van der Waals surface area contributed by atoms with Crippen LogP contribution in [0.1, 0.15) is 39.5 Å². The molecule has 1 aromatic heterocycles. The van der Waals surface area contributed by atoms with Crippen molar-refractivity contribution < 1.29 is 8.42 Å². The molecule has 1 heterocycles. The van der Waals surface area contributed by atoms with Gasteiger partial charge in [0, 0.05) is 19.3 Å². The molecule has 0 fully saturated rings. The molecule has 0 aliphatic rings. The Balaban J connectivity index is 2.41. The van der Waals surface area contributed by atoms with Gasteiger partial charge in [0.05, 0.1) is 6.20 Å². The number of aryl methyl sites for hydroxylation is 1. The molecule has 20 heavy (non-hydrogen) atoms. The number of hydrogen-bond acceptors (Lipinski definition) is 4. The molecule has 0 amide bonds. The molecule has 116 valence electrons. The quantitative estimate of drug-likeness (QED) is 0.605. The van der Waals surface area contributed by atoms with Crippen LogP contribution in [0.2, 0.25) is 0 Å². The second-order valence-electron chi connectivity index (χ2n) is 4.79. The first kappa shape index (κ1) is 17.1. The Morgan fingerprint density at radius 1 is 1.15 bits per heavy atom. The average molecular weight is 302 g/mol. The summed E-state index contributed by atoms with van der Waals surface area (Å²) in [4.78, 5) is 0.245. The Morgan fingerprint density at radius 2 is 1.95 bits per heavy atom. The van der Waals surface area contributed by atoms with Crippen molar-refractivity contribution in [2.75, 3.05) is 19.6 Å². The Morgan fingerprint density at radius 3 is 2.65 bits per heavy atom. The summed E-state index contributed by atoms with van der Waals surface area (Å²) < 4.78 is 28.2.